The molecule has 88 valence electrons. The molecule has 0 aliphatic rings. The second kappa shape index (κ2) is 5.53. The van der Waals surface area contributed by atoms with Gasteiger partial charge in [0, 0.05) is 31.6 Å². The molecule has 1 amide bonds. The fourth-order valence-corrected chi connectivity index (χ4v) is 1.56. The van der Waals surface area contributed by atoms with E-state index in [4.69, 9.17) is 0 Å². The fourth-order valence-electron chi connectivity index (χ4n) is 1.23. The number of nitrogens with one attached hydrogen (secondary N) is 1. The largest absolute Gasteiger partial charge is 0.294 e. The molecule has 0 unspecified atom stereocenters. The third-order valence-electron chi connectivity index (χ3n) is 1.99. The van der Waals surface area contributed by atoms with Crippen LogP contribution in [0.25, 0.3) is 0 Å². The van der Waals surface area contributed by atoms with E-state index in [9.17, 15) is 4.79 Å². The predicted octanol–water partition coefficient (Wildman–Crippen LogP) is 1.46. The summed E-state index contributed by atoms with van der Waals surface area (Å²) in [7, 11) is 0. The van der Waals surface area contributed by atoms with E-state index in [-0.39, 0.29) is 5.91 Å². The molecule has 0 saturated heterocycles. The average Bonchev–Trinajstić information content (AvgIpc) is 2.74. The number of aromatic nitrogens is 4. The number of carbonyl (C=O) groups is 1. The van der Waals surface area contributed by atoms with Crippen LogP contribution < -0.4 is 5.32 Å². The maximum Gasteiger partial charge on any atom is 0.229 e. The van der Waals surface area contributed by atoms with Crippen LogP contribution in [0.3, 0.4) is 0 Å². The molecule has 0 atom stereocenters. The number of hydrogen-bond donors (Lipinski definition) is 1. The van der Waals surface area contributed by atoms with E-state index in [1.165, 1.54) is 0 Å². The summed E-state index contributed by atoms with van der Waals surface area (Å²) in [5.74, 6) is 0.182. The number of nitrogens with zero attached hydrogens (tertiary/aromatic N) is 4. The Kier molecular flexibility index (Phi) is 3.81. The van der Waals surface area contributed by atoms with E-state index in [0.717, 1.165) is 4.47 Å². The van der Waals surface area contributed by atoms with E-state index in [1.807, 2.05) is 6.20 Å². The summed E-state index contributed by atoms with van der Waals surface area (Å²) in [6, 6.07) is 1.69. The summed E-state index contributed by atoms with van der Waals surface area (Å²) in [4.78, 5) is 19.4. The highest BCUT2D eigenvalue weighted by Gasteiger charge is 2.04. The summed E-state index contributed by atoms with van der Waals surface area (Å²) in [6.45, 7) is 0.518. The molecule has 0 radical (unpaired) electrons. The van der Waals surface area contributed by atoms with Crippen molar-refractivity contribution in [1.82, 2.24) is 19.7 Å². The van der Waals surface area contributed by atoms with Gasteiger partial charge in [-0.05, 0) is 22.0 Å². The Morgan fingerprint density at radius 2 is 2.18 bits per heavy atom. The van der Waals surface area contributed by atoms with Crippen LogP contribution in [0.2, 0.25) is 0 Å². The van der Waals surface area contributed by atoms with Crippen molar-refractivity contribution in [2.75, 3.05) is 5.32 Å². The van der Waals surface area contributed by atoms with E-state index >= 15 is 0 Å². The zero-order chi connectivity index (χ0) is 12.1. The first-order valence-electron chi connectivity index (χ1n) is 4.99. The van der Waals surface area contributed by atoms with Gasteiger partial charge in [-0.1, -0.05) is 0 Å². The van der Waals surface area contributed by atoms with Crippen LogP contribution in [-0.4, -0.2) is 25.7 Å². The molecule has 0 saturated carbocycles. The number of carbonyl (C=O) groups excluding carboxylic acids is 1. The molecular formula is C10H10BrN5O. The molecule has 0 spiro atoms. The lowest BCUT2D eigenvalue weighted by Crippen LogP contribution is -2.16. The molecular weight excluding hydrogens is 286 g/mol. The Balaban J connectivity index is 1.82. The number of halogens is 1. The quantitative estimate of drug-likeness (QED) is 0.927. The van der Waals surface area contributed by atoms with Crippen molar-refractivity contribution in [3.05, 3.63) is 35.3 Å². The Morgan fingerprint density at radius 3 is 2.82 bits per heavy atom. The molecule has 0 aromatic carbocycles. The summed E-state index contributed by atoms with van der Waals surface area (Å²) in [5, 5.41) is 6.66. The Hall–Kier alpha value is -1.76. The molecule has 2 aromatic heterocycles. The molecule has 2 heterocycles. The predicted molar refractivity (Wildman–Crippen MR) is 65.2 cm³/mol. The molecule has 0 aliphatic heterocycles. The van der Waals surface area contributed by atoms with Gasteiger partial charge in [0.2, 0.25) is 11.9 Å². The highest BCUT2D eigenvalue weighted by Crippen LogP contribution is 2.06. The van der Waals surface area contributed by atoms with Crippen molar-refractivity contribution in [2.45, 2.75) is 13.0 Å². The second-order valence-corrected chi connectivity index (χ2v) is 4.21. The summed E-state index contributed by atoms with van der Waals surface area (Å²) in [5.41, 5.74) is 0. The fraction of sp³-hybridized carbons (Fsp3) is 0.200. The maximum atomic E-state index is 11.5. The van der Waals surface area contributed by atoms with Crippen LogP contribution in [0.5, 0.6) is 0 Å². The van der Waals surface area contributed by atoms with Gasteiger partial charge in [-0.15, -0.1) is 0 Å². The molecule has 0 fully saturated rings. The van der Waals surface area contributed by atoms with Crippen molar-refractivity contribution in [3.8, 4) is 0 Å². The topological polar surface area (TPSA) is 72.7 Å². The van der Waals surface area contributed by atoms with Crippen LogP contribution in [0.4, 0.5) is 5.95 Å². The first-order valence-corrected chi connectivity index (χ1v) is 5.78. The number of anilines is 1. The van der Waals surface area contributed by atoms with E-state index in [0.29, 0.717) is 18.9 Å². The average molecular weight is 296 g/mol. The minimum atomic E-state index is -0.136. The number of rotatable bonds is 4. The zero-order valence-corrected chi connectivity index (χ0v) is 10.5. The Bertz CT molecular complexity index is 498. The zero-order valence-electron chi connectivity index (χ0n) is 8.88. The van der Waals surface area contributed by atoms with Gasteiger partial charge in [0.05, 0.1) is 10.7 Å². The molecule has 2 rings (SSSR count). The molecule has 1 N–H and O–H groups in total. The maximum absolute atomic E-state index is 11.5. The van der Waals surface area contributed by atoms with Gasteiger partial charge in [0.15, 0.2) is 0 Å². The van der Waals surface area contributed by atoms with Gasteiger partial charge in [-0.2, -0.15) is 5.10 Å². The van der Waals surface area contributed by atoms with Gasteiger partial charge in [0.1, 0.15) is 0 Å². The van der Waals surface area contributed by atoms with Gasteiger partial charge < -0.3 is 0 Å². The van der Waals surface area contributed by atoms with Crippen LogP contribution in [0.15, 0.2) is 35.3 Å². The van der Waals surface area contributed by atoms with E-state index in [2.05, 4.69) is 36.3 Å². The van der Waals surface area contributed by atoms with Crippen LogP contribution in [0.1, 0.15) is 6.42 Å². The van der Waals surface area contributed by atoms with Crippen LogP contribution >= 0.6 is 15.9 Å². The van der Waals surface area contributed by atoms with Crippen molar-refractivity contribution in [3.63, 3.8) is 0 Å². The SMILES string of the molecule is O=C(CCn1cc(Br)cn1)Nc1ncccn1. The lowest BCUT2D eigenvalue weighted by molar-refractivity contribution is -0.116. The third kappa shape index (κ3) is 3.63. The van der Waals surface area contributed by atoms with Crippen LogP contribution in [-0.2, 0) is 11.3 Å². The smallest absolute Gasteiger partial charge is 0.229 e. The number of amides is 1. The monoisotopic (exact) mass is 295 g/mol. The molecule has 0 bridgehead atoms. The van der Waals surface area contributed by atoms with E-state index in [1.54, 1.807) is 29.3 Å². The van der Waals surface area contributed by atoms with Gasteiger partial charge >= 0.3 is 0 Å². The molecule has 6 nitrogen and oxygen atoms in total. The number of hydrogen-bond acceptors (Lipinski definition) is 4. The van der Waals surface area contributed by atoms with Crippen molar-refractivity contribution in [1.29, 1.82) is 0 Å². The first-order chi connectivity index (χ1) is 8.24. The van der Waals surface area contributed by atoms with Gasteiger partial charge in [-0.25, -0.2) is 9.97 Å². The Labute approximate surface area is 106 Å². The van der Waals surface area contributed by atoms with Crippen LogP contribution in [0, 0.1) is 0 Å². The van der Waals surface area contributed by atoms with Crippen molar-refractivity contribution < 1.29 is 4.79 Å². The molecule has 0 aliphatic carbocycles. The van der Waals surface area contributed by atoms with Crippen molar-refractivity contribution in [2.24, 2.45) is 0 Å². The summed E-state index contributed by atoms with van der Waals surface area (Å²) >= 11 is 3.29. The molecule has 17 heavy (non-hydrogen) atoms. The minimum absolute atomic E-state index is 0.136. The lowest BCUT2D eigenvalue weighted by atomic mass is 10.4. The lowest BCUT2D eigenvalue weighted by Gasteiger charge is -2.03. The number of aryl methyl sites for hydroxylation is 1. The molecule has 2 aromatic rings. The summed E-state index contributed by atoms with van der Waals surface area (Å²) < 4.78 is 2.58. The van der Waals surface area contributed by atoms with Crippen molar-refractivity contribution >= 4 is 27.8 Å². The first kappa shape index (κ1) is 11.7. The minimum Gasteiger partial charge on any atom is -0.294 e. The third-order valence-corrected chi connectivity index (χ3v) is 2.40. The van der Waals surface area contributed by atoms with E-state index < -0.39 is 0 Å². The Morgan fingerprint density at radius 1 is 1.41 bits per heavy atom. The highest BCUT2D eigenvalue weighted by atomic mass is 79.9. The second-order valence-electron chi connectivity index (χ2n) is 3.29. The highest BCUT2D eigenvalue weighted by molar-refractivity contribution is 9.10. The molecule has 7 heteroatoms. The van der Waals surface area contributed by atoms with Gasteiger partial charge in [0.25, 0.3) is 0 Å². The standard InChI is InChI=1S/C10H10BrN5O/c11-8-6-14-16(7-8)5-2-9(17)15-10-12-3-1-4-13-10/h1,3-4,6-7H,2,5H2,(H,12,13,15,17). The van der Waals surface area contributed by atoms with Gasteiger partial charge in [-0.3, -0.25) is 14.8 Å². The summed E-state index contributed by atoms with van der Waals surface area (Å²) in [6.07, 6.45) is 6.97. The normalized spacial score (nSPS) is 10.2.